The fourth-order valence-electron chi connectivity index (χ4n) is 1.36. The Kier molecular flexibility index (Phi) is 3.78. The van der Waals surface area contributed by atoms with E-state index in [0.717, 1.165) is 0 Å². The van der Waals surface area contributed by atoms with Gasteiger partial charge in [-0.25, -0.2) is 0 Å². The summed E-state index contributed by atoms with van der Waals surface area (Å²) in [7, 11) is 0. The van der Waals surface area contributed by atoms with Gasteiger partial charge in [0.05, 0.1) is 6.20 Å². The Morgan fingerprint density at radius 3 is 2.78 bits per heavy atom. The van der Waals surface area contributed by atoms with Crippen molar-refractivity contribution in [1.29, 1.82) is 0 Å². The van der Waals surface area contributed by atoms with Crippen molar-refractivity contribution in [2.45, 2.75) is 0 Å². The molecule has 0 aliphatic heterocycles. The zero-order valence-electron chi connectivity index (χ0n) is 9.25. The molecule has 0 fully saturated rings. The number of ether oxygens (including phenoxy) is 1. The Balaban J connectivity index is 2.25. The first kappa shape index (κ1) is 12.4. The van der Waals surface area contributed by atoms with E-state index in [0.29, 0.717) is 21.5 Å². The van der Waals surface area contributed by atoms with Crippen LogP contribution in [-0.4, -0.2) is 16.0 Å². The maximum absolute atomic E-state index is 8.62. The lowest BCUT2D eigenvalue weighted by atomic mass is 10.2. The van der Waals surface area contributed by atoms with E-state index >= 15 is 0 Å². The summed E-state index contributed by atoms with van der Waals surface area (Å²) in [4.78, 5) is 3.95. The topological polar surface area (TPSA) is 80.7 Å². The zero-order valence-corrected chi connectivity index (χ0v) is 10.8. The Hall–Kier alpha value is -2.08. The second-order valence-corrected chi connectivity index (χ2v) is 4.27. The number of oxime groups is 1. The largest absolute Gasteiger partial charge is 0.456 e. The molecule has 0 saturated carbocycles. The van der Waals surface area contributed by atoms with Crippen LogP contribution in [0.3, 0.4) is 0 Å². The minimum Gasteiger partial charge on any atom is -0.456 e. The van der Waals surface area contributed by atoms with Crippen molar-refractivity contribution in [2.24, 2.45) is 10.9 Å². The molecule has 0 amide bonds. The first-order valence-electron chi connectivity index (χ1n) is 5.06. The number of halogens is 1. The highest BCUT2D eigenvalue weighted by Gasteiger charge is 2.07. The van der Waals surface area contributed by atoms with Crippen LogP contribution in [0, 0.1) is 0 Å². The van der Waals surface area contributed by atoms with Crippen LogP contribution in [0.15, 0.2) is 52.4 Å². The normalized spacial score (nSPS) is 11.3. The molecule has 6 heteroatoms. The molecular weight excluding hydrogens is 298 g/mol. The molecular formula is C12H10BrN3O2. The maximum atomic E-state index is 8.62. The first-order chi connectivity index (χ1) is 8.70. The van der Waals surface area contributed by atoms with Crippen LogP contribution in [0.5, 0.6) is 11.5 Å². The van der Waals surface area contributed by atoms with Crippen molar-refractivity contribution in [2.75, 3.05) is 0 Å². The fourth-order valence-corrected chi connectivity index (χ4v) is 1.93. The lowest BCUT2D eigenvalue weighted by Crippen LogP contribution is -2.13. The monoisotopic (exact) mass is 307 g/mol. The molecule has 0 saturated heterocycles. The van der Waals surface area contributed by atoms with Gasteiger partial charge in [-0.3, -0.25) is 4.98 Å². The second-order valence-electron chi connectivity index (χ2n) is 3.42. The standard InChI is InChI=1S/C12H10BrN3O2/c13-11-6-8(3-4-10(11)12(14)16-17)18-9-2-1-5-15-7-9/h1-7,17H,(H2,14,16). The molecule has 1 aromatic heterocycles. The van der Waals surface area contributed by atoms with Gasteiger partial charge in [-0.2, -0.15) is 0 Å². The van der Waals surface area contributed by atoms with Crippen molar-refractivity contribution in [3.8, 4) is 11.5 Å². The molecule has 2 rings (SSSR count). The van der Waals surface area contributed by atoms with Crippen LogP contribution >= 0.6 is 15.9 Å². The summed E-state index contributed by atoms with van der Waals surface area (Å²) in [5.74, 6) is 1.31. The predicted octanol–water partition coefficient (Wildman–Crippen LogP) is 2.73. The van der Waals surface area contributed by atoms with Crippen molar-refractivity contribution in [3.05, 3.63) is 52.8 Å². The highest BCUT2D eigenvalue weighted by atomic mass is 79.9. The summed E-state index contributed by atoms with van der Waals surface area (Å²) in [5.41, 5.74) is 6.11. The van der Waals surface area contributed by atoms with E-state index in [1.165, 1.54) is 0 Å². The van der Waals surface area contributed by atoms with Crippen LogP contribution in [0.2, 0.25) is 0 Å². The van der Waals surface area contributed by atoms with Gasteiger partial charge >= 0.3 is 0 Å². The van der Waals surface area contributed by atoms with E-state index in [-0.39, 0.29) is 5.84 Å². The van der Waals surface area contributed by atoms with E-state index in [9.17, 15) is 0 Å². The second kappa shape index (κ2) is 5.50. The molecule has 1 aromatic carbocycles. The molecule has 5 nitrogen and oxygen atoms in total. The summed E-state index contributed by atoms with van der Waals surface area (Å²) in [6.07, 6.45) is 3.29. The van der Waals surface area contributed by atoms with Crippen LogP contribution in [0.1, 0.15) is 5.56 Å². The summed E-state index contributed by atoms with van der Waals surface area (Å²) in [6.45, 7) is 0. The molecule has 2 aromatic rings. The summed E-state index contributed by atoms with van der Waals surface area (Å²) >= 11 is 3.33. The van der Waals surface area contributed by atoms with Gasteiger partial charge < -0.3 is 15.7 Å². The SMILES string of the molecule is N/C(=N/O)c1ccc(Oc2cccnc2)cc1Br. The average Bonchev–Trinajstić information content (AvgIpc) is 2.39. The van der Waals surface area contributed by atoms with Gasteiger partial charge in [-0.1, -0.05) is 5.16 Å². The number of nitrogens with two attached hydrogens (primary N) is 1. The van der Waals surface area contributed by atoms with E-state index in [2.05, 4.69) is 26.1 Å². The van der Waals surface area contributed by atoms with Gasteiger partial charge in [-0.15, -0.1) is 0 Å². The molecule has 0 bridgehead atoms. The minimum absolute atomic E-state index is 0.0369. The van der Waals surface area contributed by atoms with E-state index < -0.39 is 0 Å². The number of benzene rings is 1. The van der Waals surface area contributed by atoms with Crippen molar-refractivity contribution >= 4 is 21.8 Å². The molecule has 3 N–H and O–H groups in total. The maximum Gasteiger partial charge on any atom is 0.171 e. The van der Waals surface area contributed by atoms with Crippen molar-refractivity contribution in [3.63, 3.8) is 0 Å². The molecule has 92 valence electrons. The number of amidine groups is 1. The molecule has 0 radical (unpaired) electrons. The highest BCUT2D eigenvalue weighted by molar-refractivity contribution is 9.10. The van der Waals surface area contributed by atoms with Gasteiger partial charge in [0, 0.05) is 16.2 Å². The lowest BCUT2D eigenvalue weighted by molar-refractivity contribution is 0.318. The van der Waals surface area contributed by atoms with Crippen molar-refractivity contribution in [1.82, 2.24) is 4.98 Å². The Bertz CT molecular complexity index is 573. The highest BCUT2D eigenvalue weighted by Crippen LogP contribution is 2.26. The smallest absolute Gasteiger partial charge is 0.171 e. The molecule has 0 atom stereocenters. The lowest BCUT2D eigenvalue weighted by Gasteiger charge is -2.07. The number of hydrogen-bond donors (Lipinski definition) is 2. The molecule has 18 heavy (non-hydrogen) atoms. The van der Waals surface area contributed by atoms with Crippen molar-refractivity contribution < 1.29 is 9.94 Å². The van der Waals surface area contributed by atoms with Crippen LogP contribution in [0.25, 0.3) is 0 Å². The Labute approximate surface area is 112 Å². The number of pyridine rings is 1. The van der Waals surface area contributed by atoms with E-state index in [1.807, 2.05) is 0 Å². The van der Waals surface area contributed by atoms with Crippen LogP contribution in [0.4, 0.5) is 0 Å². The summed E-state index contributed by atoms with van der Waals surface area (Å²) in [6, 6.07) is 8.75. The van der Waals surface area contributed by atoms with Gasteiger partial charge in [0.15, 0.2) is 5.84 Å². The van der Waals surface area contributed by atoms with Gasteiger partial charge in [0.1, 0.15) is 11.5 Å². The third kappa shape index (κ3) is 2.78. The van der Waals surface area contributed by atoms with Gasteiger partial charge in [0.2, 0.25) is 0 Å². The van der Waals surface area contributed by atoms with E-state index in [4.69, 9.17) is 15.7 Å². The molecule has 0 aliphatic rings. The Morgan fingerprint density at radius 2 is 2.17 bits per heavy atom. The first-order valence-corrected chi connectivity index (χ1v) is 5.85. The quantitative estimate of drug-likeness (QED) is 0.395. The van der Waals surface area contributed by atoms with Crippen LogP contribution < -0.4 is 10.5 Å². The molecule has 0 spiro atoms. The number of nitrogens with zero attached hydrogens (tertiary/aromatic N) is 2. The number of rotatable bonds is 3. The molecule has 0 unspecified atom stereocenters. The molecule has 1 heterocycles. The minimum atomic E-state index is 0.0369. The Morgan fingerprint density at radius 1 is 1.33 bits per heavy atom. The third-order valence-corrected chi connectivity index (χ3v) is 2.85. The van der Waals surface area contributed by atoms with E-state index in [1.54, 1.807) is 42.7 Å². The predicted molar refractivity (Wildman–Crippen MR) is 71.0 cm³/mol. The number of hydrogen-bond acceptors (Lipinski definition) is 4. The third-order valence-electron chi connectivity index (χ3n) is 2.19. The average molecular weight is 308 g/mol. The van der Waals surface area contributed by atoms with Gasteiger partial charge in [0.25, 0.3) is 0 Å². The van der Waals surface area contributed by atoms with Gasteiger partial charge in [-0.05, 0) is 46.3 Å². The summed E-state index contributed by atoms with van der Waals surface area (Å²) < 4.78 is 6.27. The fraction of sp³-hybridized carbons (Fsp3) is 0. The zero-order chi connectivity index (χ0) is 13.0. The van der Waals surface area contributed by atoms with Crippen LogP contribution in [-0.2, 0) is 0 Å². The summed E-state index contributed by atoms with van der Waals surface area (Å²) in [5, 5.41) is 11.6. The molecule has 0 aliphatic carbocycles. The number of aromatic nitrogens is 1.